The third kappa shape index (κ3) is 10.1. The number of benzene rings is 1. The van der Waals surface area contributed by atoms with Gasteiger partial charge in [0.2, 0.25) is 12.2 Å². The van der Waals surface area contributed by atoms with Gasteiger partial charge in [0.25, 0.3) is 3.79 Å². The van der Waals surface area contributed by atoms with Crippen molar-refractivity contribution in [2.24, 2.45) is 5.11 Å². The van der Waals surface area contributed by atoms with Crippen LogP contribution < -0.4 is 0 Å². The number of carbonyl (C=O) groups excluding carboxylic acids is 4. The van der Waals surface area contributed by atoms with E-state index < -0.39 is 108 Å². The van der Waals surface area contributed by atoms with Gasteiger partial charge in [-0.25, -0.2) is 0 Å². The molecule has 3 aliphatic rings. The number of alkyl halides is 3. The van der Waals surface area contributed by atoms with Gasteiger partial charge in [-0.05, 0) is 5.53 Å². The van der Waals surface area contributed by atoms with Gasteiger partial charge in [0.1, 0.15) is 37.1 Å². The summed E-state index contributed by atoms with van der Waals surface area (Å²) in [5.74, 6) is -4.21. The van der Waals surface area contributed by atoms with Gasteiger partial charge in [-0.15, -0.1) is 0 Å². The van der Waals surface area contributed by atoms with Crippen molar-refractivity contribution in [3.8, 4) is 0 Å². The summed E-state index contributed by atoms with van der Waals surface area (Å²) in [6.07, 6.45) is -14.1. The van der Waals surface area contributed by atoms with Gasteiger partial charge in [0.05, 0.1) is 6.61 Å². The first-order valence-corrected chi connectivity index (χ1v) is 16.0. The molecule has 274 valence electrons. The smallest absolute Gasteiger partial charge is 0.303 e. The van der Waals surface area contributed by atoms with Crippen molar-refractivity contribution in [2.75, 3.05) is 13.2 Å². The molecule has 0 bridgehead atoms. The molecule has 1 aromatic carbocycles. The normalized spacial score (nSPS) is 32.3. The summed E-state index contributed by atoms with van der Waals surface area (Å²) in [6.45, 7) is 3.63. The fraction of sp³-hybridized carbons (Fsp3) is 0.621. The predicted octanol–water partition coefficient (Wildman–Crippen LogP) is 3.34. The highest BCUT2D eigenvalue weighted by molar-refractivity contribution is 6.76. The molecule has 1 aromatic rings. The van der Waals surface area contributed by atoms with Gasteiger partial charge in [0.15, 0.2) is 30.9 Å². The molecule has 0 aliphatic carbocycles. The fourth-order valence-electron chi connectivity index (χ4n) is 5.41. The van der Waals surface area contributed by atoms with Crippen LogP contribution in [0.4, 0.5) is 0 Å². The lowest BCUT2D eigenvalue weighted by Crippen LogP contribution is -2.67. The van der Waals surface area contributed by atoms with Crippen molar-refractivity contribution >= 4 is 64.6 Å². The Balaban J connectivity index is 1.80. The van der Waals surface area contributed by atoms with Crippen LogP contribution in [0.25, 0.3) is 10.4 Å². The van der Waals surface area contributed by atoms with Gasteiger partial charge in [-0.1, -0.05) is 70.2 Å². The third-order valence-corrected chi connectivity index (χ3v) is 7.81. The number of azide groups is 1. The van der Waals surface area contributed by atoms with Crippen molar-refractivity contribution < 1.29 is 66.5 Å². The van der Waals surface area contributed by atoms with E-state index in [2.05, 4.69) is 10.0 Å². The Bertz CT molecular complexity index is 1460. The van der Waals surface area contributed by atoms with E-state index in [4.69, 9.17) is 87.6 Å². The number of nitrogens with zero attached hydrogens (tertiary/aromatic N) is 3. The Hall–Kier alpha value is -3.45. The summed E-state index contributed by atoms with van der Waals surface area (Å²) in [5.41, 5.74) is 10.2. The van der Waals surface area contributed by atoms with E-state index in [1.165, 1.54) is 0 Å². The molecular weight excluding hydrogens is 735 g/mol. The second kappa shape index (κ2) is 17.2. The molecule has 0 spiro atoms. The first-order valence-electron chi connectivity index (χ1n) is 14.9. The molecule has 18 nitrogen and oxygen atoms in total. The minimum Gasteiger partial charge on any atom is -0.463 e. The number of halogens is 3. The van der Waals surface area contributed by atoms with E-state index in [0.29, 0.717) is 5.56 Å². The maximum Gasteiger partial charge on any atom is 0.303 e. The minimum absolute atomic E-state index is 0.146. The second-order valence-electron chi connectivity index (χ2n) is 11.0. The summed E-state index contributed by atoms with van der Waals surface area (Å²) in [5, 5.41) is 11.9. The zero-order valence-electron chi connectivity index (χ0n) is 26.8. The monoisotopic (exact) mass is 766 g/mol. The van der Waals surface area contributed by atoms with Crippen molar-refractivity contribution in [1.29, 1.82) is 5.41 Å². The number of fused-ring (bicyclic) bond motifs is 1. The van der Waals surface area contributed by atoms with Crippen LogP contribution in [-0.4, -0.2) is 108 Å². The first kappa shape index (κ1) is 39.3. The quantitative estimate of drug-likeness (QED) is 0.0526. The molecule has 4 rings (SSSR count). The Kier molecular flexibility index (Phi) is 13.5. The van der Waals surface area contributed by atoms with E-state index >= 15 is 0 Å². The van der Waals surface area contributed by atoms with E-state index in [0.717, 1.165) is 27.7 Å². The topological polar surface area (TPSA) is 233 Å². The van der Waals surface area contributed by atoms with Crippen LogP contribution in [-0.2, 0) is 66.5 Å². The van der Waals surface area contributed by atoms with Crippen LogP contribution in [0.5, 0.6) is 0 Å². The van der Waals surface area contributed by atoms with E-state index in [1.54, 1.807) is 30.3 Å². The number of rotatable bonds is 10. The minimum atomic E-state index is -2.35. The standard InChI is InChI=1S/C29H33Cl3N4O14/c1-12(37)41-10-17-21(43-13(2)38)23(44-14(3)39)24(45-15(4)40)27(47-17)49-22-19(35-36-34)26(50-28(33)29(30,31)32)46-18-11-42-25(48-20(18)22)16-8-6-5-7-9-16/h5-9,17-27,33H,10-11H2,1-4H3/t17?,18?,19?,20-,21-,22+,23-,24?,25?,26-,27-/m0/s1. The molecule has 0 radical (unpaired) electrons. The van der Waals surface area contributed by atoms with Crippen molar-refractivity contribution in [3.63, 3.8) is 0 Å². The predicted molar refractivity (Wildman–Crippen MR) is 168 cm³/mol. The van der Waals surface area contributed by atoms with Crippen LogP contribution in [0.1, 0.15) is 39.5 Å². The SMILES string of the molecule is CC(=O)OCC1O[C@@H](O[C@@H]2C(N=[N+]=[N-])[C@H](OC(=N)C(Cl)(Cl)Cl)OC3COC(c4ccccc4)O[C@@H]32)C(OC(C)=O)[C@@H](OC(C)=O)[C@H]1OC(C)=O. The molecule has 11 atom stereocenters. The highest BCUT2D eigenvalue weighted by atomic mass is 35.6. The van der Waals surface area contributed by atoms with E-state index in [-0.39, 0.29) is 6.61 Å². The van der Waals surface area contributed by atoms with Gasteiger partial charge in [-0.2, -0.15) is 0 Å². The molecule has 1 N–H and O–H groups in total. The number of esters is 4. The van der Waals surface area contributed by atoms with Crippen LogP contribution >= 0.6 is 34.8 Å². The van der Waals surface area contributed by atoms with Gasteiger partial charge >= 0.3 is 23.9 Å². The maximum absolute atomic E-state index is 12.4. The highest BCUT2D eigenvalue weighted by Crippen LogP contribution is 2.40. The van der Waals surface area contributed by atoms with E-state index in [9.17, 15) is 24.7 Å². The molecular formula is C29H33Cl3N4O14. The summed E-state index contributed by atoms with van der Waals surface area (Å²) in [6, 6.07) is 7.24. The average Bonchev–Trinajstić information content (AvgIpc) is 3.03. The number of hydrogen-bond acceptors (Lipinski definition) is 16. The summed E-state index contributed by atoms with van der Waals surface area (Å²) in [7, 11) is 0. The summed E-state index contributed by atoms with van der Waals surface area (Å²) >= 11 is 17.5. The molecule has 3 heterocycles. The summed E-state index contributed by atoms with van der Waals surface area (Å²) < 4.78 is 55.4. The molecule has 3 saturated heterocycles. The second-order valence-corrected chi connectivity index (χ2v) is 13.3. The average molecular weight is 768 g/mol. The van der Waals surface area contributed by atoms with E-state index in [1.807, 2.05) is 0 Å². The zero-order chi connectivity index (χ0) is 36.7. The van der Waals surface area contributed by atoms with Crippen LogP contribution in [0.3, 0.4) is 0 Å². The molecule has 0 saturated carbocycles. The molecule has 0 amide bonds. The molecule has 3 fully saturated rings. The summed E-state index contributed by atoms with van der Waals surface area (Å²) in [4.78, 5) is 51.6. The largest absolute Gasteiger partial charge is 0.463 e. The lowest BCUT2D eigenvalue weighted by atomic mass is 9.94. The molecule has 3 aliphatic heterocycles. The van der Waals surface area contributed by atoms with Crippen LogP contribution in [0.15, 0.2) is 35.4 Å². The Morgan fingerprint density at radius 2 is 1.48 bits per heavy atom. The zero-order valence-corrected chi connectivity index (χ0v) is 29.1. The molecule has 0 aromatic heterocycles. The number of hydrogen-bond donors (Lipinski definition) is 1. The first-order chi connectivity index (χ1) is 23.6. The highest BCUT2D eigenvalue weighted by Gasteiger charge is 2.58. The van der Waals surface area contributed by atoms with Crippen LogP contribution in [0.2, 0.25) is 0 Å². The fourth-order valence-corrected chi connectivity index (χ4v) is 5.54. The van der Waals surface area contributed by atoms with Gasteiger partial charge < -0.3 is 47.4 Å². The van der Waals surface area contributed by atoms with Crippen molar-refractivity contribution in [3.05, 3.63) is 46.3 Å². The van der Waals surface area contributed by atoms with Gasteiger partial charge in [-0.3, -0.25) is 24.6 Å². The number of carbonyl (C=O) groups is 4. The molecule has 50 heavy (non-hydrogen) atoms. The van der Waals surface area contributed by atoms with Crippen molar-refractivity contribution in [1.82, 2.24) is 0 Å². The lowest BCUT2D eigenvalue weighted by Gasteiger charge is -2.50. The Morgan fingerprint density at radius 1 is 0.860 bits per heavy atom. The Labute approximate surface area is 299 Å². The lowest BCUT2D eigenvalue weighted by molar-refractivity contribution is -0.371. The van der Waals surface area contributed by atoms with Gasteiger partial charge in [0, 0.05) is 38.2 Å². The number of nitrogens with one attached hydrogen (secondary N) is 1. The number of ether oxygens (including phenoxy) is 10. The van der Waals surface area contributed by atoms with Crippen LogP contribution in [0, 0.1) is 5.41 Å². The Morgan fingerprint density at radius 3 is 2.06 bits per heavy atom. The molecule has 5 unspecified atom stereocenters. The molecule has 21 heteroatoms. The maximum atomic E-state index is 12.4. The van der Waals surface area contributed by atoms with Crippen molar-refractivity contribution in [2.45, 2.75) is 99.1 Å². The third-order valence-electron chi connectivity index (χ3n) is 7.29.